The largest absolute Gasteiger partial charge is 0.480 e. The van der Waals surface area contributed by atoms with Crippen molar-refractivity contribution in [2.75, 3.05) is 0 Å². The van der Waals surface area contributed by atoms with Crippen LogP contribution in [0, 0.1) is 44.0 Å². The molecule has 1 aromatic rings. The summed E-state index contributed by atoms with van der Waals surface area (Å²) in [4.78, 5) is 10.7. The maximum absolute atomic E-state index is 10.7. The molecule has 1 atom stereocenters. The summed E-state index contributed by atoms with van der Waals surface area (Å²) in [6, 6.07) is 0. The molecule has 0 aromatic carbocycles. The van der Waals surface area contributed by atoms with Crippen LogP contribution in [0.5, 0.6) is 0 Å². The van der Waals surface area contributed by atoms with Crippen molar-refractivity contribution in [3.63, 3.8) is 0 Å². The monoisotopic (exact) mass is 643 g/mol. The van der Waals surface area contributed by atoms with Gasteiger partial charge in [0, 0.05) is 77.8 Å². The van der Waals surface area contributed by atoms with Gasteiger partial charge >= 0.3 is 5.76 Å². The first-order valence-corrected chi connectivity index (χ1v) is 3.50. The van der Waals surface area contributed by atoms with E-state index in [2.05, 4.69) is 9.68 Å². The zero-order chi connectivity index (χ0) is 9.14. The predicted octanol–water partition coefficient (Wildman–Crippen LogP) is -0.494. The minimum Gasteiger partial charge on any atom is -0.480 e. The van der Waals surface area contributed by atoms with Crippen LogP contribution in [0.1, 0.15) is 12.7 Å². The molecule has 0 amide bonds. The Hall–Kier alpha value is 1.09. The summed E-state index contributed by atoms with van der Waals surface area (Å²) in [5.74, 6) is -0.124. The molecule has 0 spiro atoms. The standard InChI is InChI=1S/C7H10N2O3.U.V.W/c1-5(10)3-4-6-8-12-7(11)9(6)2;;;/h3-5,10H,1-2H3;;;/q-2;;;. The summed E-state index contributed by atoms with van der Waals surface area (Å²) < 4.78 is 5.60. The Kier molecular flexibility index (Phi) is 14.6. The number of aromatic nitrogens is 2. The van der Waals surface area contributed by atoms with Gasteiger partial charge in [-0.25, -0.2) is 4.79 Å². The van der Waals surface area contributed by atoms with Crippen molar-refractivity contribution in [2.45, 2.75) is 13.0 Å². The van der Waals surface area contributed by atoms with Gasteiger partial charge in [-0.1, -0.05) is 18.2 Å². The fourth-order valence-corrected chi connectivity index (χ4v) is 0.669. The molecule has 1 heterocycles. The topological polar surface area (TPSA) is 68.3 Å². The molecule has 0 bridgehead atoms. The Morgan fingerprint density at radius 1 is 1.60 bits per heavy atom. The Labute approximate surface area is 138 Å². The Balaban J connectivity index is -0.000000480. The first kappa shape index (κ1) is 21.4. The molecule has 0 aliphatic heterocycles. The molecule has 8 heteroatoms. The zero-order valence-corrected chi connectivity index (χ0v) is 16.7. The third-order valence-electron chi connectivity index (χ3n) is 1.36. The quantitative estimate of drug-likeness (QED) is 0.452. The molecule has 5 nitrogen and oxygen atoms in total. The van der Waals surface area contributed by atoms with Gasteiger partial charge < -0.3 is 17.9 Å². The average molecular weight is 643 g/mol. The van der Waals surface area contributed by atoms with Crippen LogP contribution in [0.2, 0.25) is 0 Å². The van der Waals surface area contributed by atoms with E-state index in [1.165, 1.54) is 17.4 Å². The van der Waals surface area contributed by atoms with Crippen molar-refractivity contribution in [1.29, 1.82) is 0 Å². The van der Waals surface area contributed by atoms with E-state index in [0.717, 1.165) is 0 Å². The molecule has 1 radical (unpaired) electrons. The van der Waals surface area contributed by atoms with Crippen molar-refractivity contribution in [3.05, 3.63) is 29.2 Å². The van der Waals surface area contributed by atoms with Crippen LogP contribution >= 0.6 is 0 Å². The molecule has 1 unspecified atom stereocenters. The number of rotatable bonds is 3. The van der Waals surface area contributed by atoms with Crippen LogP contribution in [-0.2, 0) is 46.7 Å². The van der Waals surface area contributed by atoms with Gasteiger partial charge in [0.1, 0.15) is 0 Å². The van der Waals surface area contributed by atoms with E-state index in [0.29, 0.717) is 5.82 Å². The van der Waals surface area contributed by atoms with Crippen molar-refractivity contribution in [3.8, 4) is 0 Å². The van der Waals surface area contributed by atoms with Crippen LogP contribution in [0.15, 0.2) is 9.32 Å². The van der Waals surface area contributed by atoms with E-state index in [1.807, 2.05) is 0 Å². The first-order valence-electron chi connectivity index (χ1n) is 3.50. The number of hydrogen-bond acceptors (Lipinski definition) is 4. The maximum atomic E-state index is 10.7. The van der Waals surface area contributed by atoms with E-state index in [1.54, 1.807) is 14.0 Å². The summed E-state index contributed by atoms with van der Waals surface area (Å²) in [6.45, 7) is 1.61. The van der Waals surface area contributed by atoms with Crippen LogP contribution in [0.3, 0.4) is 0 Å². The minimum absolute atomic E-state index is 0. The van der Waals surface area contributed by atoms with E-state index >= 15 is 0 Å². The second-order valence-corrected chi connectivity index (χ2v) is 2.47. The molecule has 1 aromatic heterocycles. The van der Waals surface area contributed by atoms with Crippen LogP contribution < -0.4 is 5.76 Å². The second kappa shape index (κ2) is 10.3. The van der Waals surface area contributed by atoms with E-state index in [9.17, 15) is 4.79 Å². The maximum Gasteiger partial charge on any atom is 0.439 e. The van der Waals surface area contributed by atoms with Crippen LogP contribution in [0.25, 0.3) is 0 Å². The van der Waals surface area contributed by atoms with Gasteiger partial charge in [0.05, 0.1) is 0 Å². The molecule has 0 saturated carbocycles. The minimum atomic E-state index is -0.559. The third-order valence-corrected chi connectivity index (χ3v) is 1.36. The summed E-state index contributed by atoms with van der Waals surface area (Å²) in [5.41, 5.74) is 0. The van der Waals surface area contributed by atoms with E-state index in [-0.39, 0.29) is 70.7 Å². The van der Waals surface area contributed by atoms with Crippen LogP contribution in [-0.4, -0.2) is 20.9 Å². The fraction of sp³-hybridized carbons (Fsp3) is 0.429. The van der Waals surface area contributed by atoms with Gasteiger partial charge in [-0.05, 0) is 5.82 Å². The van der Waals surface area contributed by atoms with Gasteiger partial charge in [0.2, 0.25) is 0 Å². The van der Waals surface area contributed by atoms with Crippen molar-refractivity contribution in [1.82, 2.24) is 9.72 Å². The molecule has 1 N–H and O–H groups in total. The van der Waals surface area contributed by atoms with Crippen molar-refractivity contribution < 1.29 is 80.4 Å². The molecule has 15 heavy (non-hydrogen) atoms. The van der Waals surface area contributed by atoms with Gasteiger partial charge in [0.15, 0.2) is 0 Å². The van der Waals surface area contributed by atoms with Gasteiger partial charge in [0.25, 0.3) is 0 Å². The molecule has 0 saturated heterocycles. The summed E-state index contributed by atoms with van der Waals surface area (Å²) in [6.07, 6.45) is 2.48. The molecule has 1 rings (SSSR count). The Morgan fingerprint density at radius 2 is 2.13 bits per heavy atom. The number of aliphatic hydroxyl groups is 1. The van der Waals surface area contributed by atoms with E-state index in [4.69, 9.17) is 5.11 Å². The molecule has 83 valence electrons. The predicted molar refractivity (Wildman–Crippen MR) is 41.1 cm³/mol. The summed E-state index contributed by atoms with van der Waals surface area (Å²) in [5, 5.41) is 12.3. The van der Waals surface area contributed by atoms with Crippen LogP contribution in [0.4, 0.5) is 0 Å². The third kappa shape index (κ3) is 7.10. The van der Waals surface area contributed by atoms with E-state index < -0.39 is 11.9 Å². The van der Waals surface area contributed by atoms with Crippen molar-refractivity contribution in [2.24, 2.45) is 7.05 Å². The molecule has 0 aliphatic carbocycles. The number of aliphatic hydroxyl groups excluding tert-OH is 1. The average Bonchev–Trinajstić information content (AvgIpc) is 2.30. The zero-order valence-electron chi connectivity index (χ0n) is 8.25. The molecular formula is C7H10N2O3UVW-2. The number of nitrogens with zero attached hydrogens (tertiary/aromatic N) is 2. The number of hydrogen-bond donors (Lipinski definition) is 1. The Bertz CT molecular complexity index is 315. The van der Waals surface area contributed by atoms with Gasteiger partial charge in [-0.3, -0.25) is 9.09 Å². The molecule has 0 fully saturated rings. The summed E-state index contributed by atoms with van der Waals surface area (Å²) in [7, 11) is 1.54. The Morgan fingerprint density at radius 3 is 2.47 bits per heavy atom. The normalized spacial score (nSPS) is 10.3. The van der Waals surface area contributed by atoms with Crippen molar-refractivity contribution >= 4 is 0 Å². The molecule has 0 aliphatic rings. The first-order chi connectivity index (χ1) is 5.61. The molecular weight excluding hydrogens is 633 g/mol. The summed E-state index contributed by atoms with van der Waals surface area (Å²) >= 11 is 0. The fourth-order valence-electron chi connectivity index (χ4n) is 0.669. The van der Waals surface area contributed by atoms with Gasteiger partial charge in [-0.15, -0.1) is 0 Å². The smallest absolute Gasteiger partial charge is 0.439 e. The van der Waals surface area contributed by atoms with Gasteiger partial charge in [-0.2, -0.15) is 0 Å². The SMILES string of the molecule is CC(O)[CH-][CH-]c1noc(=O)n1C.[U].[V].[W]. The second-order valence-electron chi connectivity index (χ2n) is 2.47.